The molecule has 5 nitrogen and oxygen atoms in total. The smallest absolute Gasteiger partial charge is 0.334 e. The predicted molar refractivity (Wildman–Crippen MR) is 76.7 cm³/mol. The number of hydrogen-bond donors (Lipinski definition) is 1. The van der Waals surface area contributed by atoms with E-state index in [2.05, 4.69) is 4.98 Å². The first kappa shape index (κ1) is 14.3. The number of hydrogen-bond acceptors (Lipinski definition) is 3. The molecule has 20 heavy (non-hydrogen) atoms. The van der Waals surface area contributed by atoms with Crippen molar-refractivity contribution in [1.29, 1.82) is 0 Å². The largest absolute Gasteiger partial charge is 0.377 e. The van der Waals surface area contributed by atoms with Crippen LogP contribution in [-0.2, 0) is 0 Å². The first-order valence-corrected chi connectivity index (χ1v) is 6.19. The summed E-state index contributed by atoms with van der Waals surface area (Å²) in [5.74, 6) is -1.18. The lowest BCUT2D eigenvalue weighted by Crippen LogP contribution is -2.35. The van der Waals surface area contributed by atoms with Crippen LogP contribution in [-0.4, -0.2) is 23.6 Å². The second kappa shape index (κ2) is 5.13. The van der Waals surface area contributed by atoms with E-state index in [0.29, 0.717) is 4.57 Å². The highest BCUT2D eigenvalue weighted by Crippen LogP contribution is 2.20. The van der Waals surface area contributed by atoms with E-state index >= 15 is 0 Å². The van der Waals surface area contributed by atoms with Gasteiger partial charge in [0.1, 0.15) is 0 Å². The van der Waals surface area contributed by atoms with E-state index in [4.69, 9.17) is 11.6 Å². The van der Waals surface area contributed by atoms with Crippen molar-refractivity contribution in [2.45, 2.75) is 6.92 Å². The van der Waals surface area contributed by atoms with Gasteiger partial charge in [0.05, 0.1) is 5.69 Å². The Morgan fingerprint density at radius 1 is 1.30 bits per heavy atom. The van der Waals surface area contributed by atoms with Crippen molar-refractivity contribution in [1.82, 2.24) is 9.55 Å². The SMILES string of the molecule is Cc1ccc(-n2c(=O)[nH]c(Cl)c(F)c2=O)cc1N(C)C. The van der Waals surface area contributed by atoms with Crippen molar-refractivity contribution in [3.8, 4) is 5.69 Å². The maximum atomic E-state index is 13.5. The van der Waals surface area contributed by atoms with Gasteiger partial charge >= 0.3 is 5.69 Å². The van der Waals surface area contributed by atoms with Gasteiger partial charge in [-0.25, -0.2) is 9.36 Å². The number of aromatic nitrogens is 2. The minimum atomic E-state index is -1.18. The van der Waals surface area contributed by atoms with Gasteiger partial charge in [-0.05, 0) is 24.6 Å². The van der Waals surface area contributed by atoms with Gasteiger partial charge in [-0.3, -0.25) is 9.78 Å². The molecule has 0 spiro atoms. The van der Waals surface area contributed by atoms with Crippen LogP contribution in [0.3, 0.4) is 0 Å². The lowest BCUT2D eigenvalue weighted by molar-refractivity contribution is 0.584. The van der Waals surface area contributed by atoms with Crippen LogP contribution in [0.5, 0.6) is 0 Å². The van der Waals surface area contributed by atoms with Crippen LogP contribution >= 0.6 is 11.6 Å². The summed E-state index contributed by atoms with van der Waals surface area (Å²) in [6.45, 7) is 1.90. The highest BCUT2D eigenvalue weighted by molar-refractivity contribution is 6.29. The molecule has 106 valence electrons. The summed E-state index contributed by atoms with van der Waals surface area (Å²) in [7, 11) is 3.67. The fourth-order valence-electron chi connectivity index (χ4n) is 1.94. The zero-order valence-electron chi connectivity index (χ0n) is 11.2. The van der Waals surface area contributed by atoms with Gasteiger partial charge in [-0.2, -0.15) is 4.39 Å². The third kappa shape index (κ3) is 2.34. The molecule has 0 saturated heterocycles. The Balaban J connectivity index is 2.76. The molecule has 0 aliphatic carbocycles. The number of H-pyrrole nitrogens is 1. The molecule has 1 heterocycles. The molecule has 0 aliphatic heterocycles. The van der Waals surface area contributed by atoms with Crippen molar-refractivity contribution in [2.75, 3.05) is 19.0 Å². The number of nitrogens with zero attached hydrogens (tertiary/aromatic N) is 2. The van der Waals surface area contributed by atoms with E-state index in [1.165, 1.54) is 0 Å². The summed E-state index contributed by atoms with van der Waals surface area (Å²) in [6.07, 6.45) is 0. The van der Waals surface area contributed by atoms with Crippen molar-refractivity contribution < 1.29 is 4.39 Å². The average Bonchev–Trinajstić information content (AvgIpc) is 2.37. The molecule has 1 N–H and O–H groups in total. The van der Waals surface area contributed by atoms with Gasteiger partial charge in [0.2, 0.25) is 5.82 Å². The summed E-state index contributed by atoms with van der Waals surface area (Å²) >= 11 is 5.43. The number of halogens is 2. The lowest BCUT2D eigenvalue weighted by Gasteiger charge is -2.17. The maximum Gasteiger partial charge on any atom is 0.334 e. The Labute approximate surface area is 119 Å². The molecule has 1 aromatic heterocycles. The van der Waals surface area contributed by atoms with Crippen LogP contribution in [0.4, 0.5) is 10.1 Å². The van der Waals surface area contributed by atoms with Crippen LogP contribution in [0.2, 0.25) is 5.15 Å². The number of aromatic amines is 1. The van der Waals surface area contributed by atoms with E-state index < -0.39 is 22.2 Å². The standard InChI is InChI=1S/C13H13ClFN3O2/c1-7-4-5-8(6-9(7)17(2)3)18-12(19)10(15)11(14)16-13(18)20/h4-6H,1-3H3,(H,16,20). The summed E-state index contributed by atoms with van der Waals surface area (Å²) in [6, 6.07) is 4.97. The fourth-order valence-corrected chi connectivity index (χ4v) is 2.10. The maximum absolute atomic E-state index is 13.5. The molecule has 0 amide bonds. The van der Waals surface area contributed by atoms with Crippen LogP contribution in [0.25, 0.3) is 5.69 Å². The van der Waals surface area contributed by atoms with Crippen LogP contribution in [0.15, 0.2) is 27.8 Å². The van der Waals surface area contributed by atoms with Crippen molar-refractivity contribution in [2.24, 2.45) is 0 Å². The average molecular weight is 298 g/mol. The summed E-state index contributed by atoms with van der Waals surface area (Å²) in [4.78, 5) is 27.6. The Morgan fingerprint density at radius 2 is 1.95 bits per heavy atom. The van der Waals surface area contributed by atoms with Gasteiger partial charge in [-0.15, -0.1) is 0 Å². The number of nitrogens with one attached hydrogen (secondary N) is 1. The van der Waals surface area contributed by atoms with Gasteiger partial charge in [0.25, 0.3) is 5.56 Å². The van der Waals surface area contributed by atoms with Gasteiger partial charge in [-0.1, -0.05) is 17.7 Å². The minimum Gasteiger partial charge on any atom is -0.377 e. The van der Waals surface area contributed by atoms with Gasteiger partial charge in [0, 0.05) is 19.8 Å². The number of benzene rings is 1. The van der Waals surface area contributed by atoms with E-state index in [1.807, 2.05) is 25.9 Å². The number of anilines is 1. The molecule has 0 radical (unpaired) electrons. The normalized spacial score (nSPS) is 10.7. The van der Waals surface area contributed by atoms with E-state index in [-0.39, 0.29) is 5.69 Å². The zero-order valence-corrected chi connectivity index (χ0v) is 12.0. The van der Waals surface area contributed by atoms with E-state index in [9.17, 15) is 14.0 Å². The third-order valence-corrected chi connectivity index (χ3v) is 3.20. The molecule has 0 bridgehead atoms. The first-order valence-electron chi connectivity index (χ1n) is 5.81. The van der Waals surface area contributed by atoms with E-state index in [0.717, 1.165) is 11.3 Å². The van der Waals surface area contributed by atoms with Gasteiger partial charge < -0.3 is 4.90 Å². The Morgan fingerprint density at radius 3 is 2.55 bits per heavy atom. The molecule has 1 aromatic carbocycles. The topological polar surface area (TPSA) is 58.1 Å². The molecule has 0 aliphatic rings. The summed E-state index contributed by atoms with van der Waals surface area (Å²) in [5, 5.41) is -0.587. The Hall–Kier alpha value is -2.08. The second-order valence-corrected chi connectivity index (χ2v) is 4.94. The van der Waals surface area contributed by atoms with Crippen molar-refractivity contribution in [3.05, 3.63) is 55.6 Å². The first-order chi connectivity index (χ1) is 9.32. The molecule has 2 rings (SSSR count). The molecular weight excluding hydrogens is 285 g/mol. The van der Waals surface area contributed by atoms with E-state index in [1.54, 1.807) is 18.2 Å². The monoisotopic (exact) mass is 297 g/mol. The molecular formula is C13H13ClFN3O2. The molecule has 0 unspecified atom stereocenters. The minimum absolute atomic E-state index is 0.279. The Kier molecular flexibility index (Phi) is 3.67. The predicted octanol–water partition coefficient (Wildman–Crippen LogP) is 1.69. The Bertz CT molecular complexity index is 780. The zero-order chi connectivity index (χ0) is 15.0. The van der Waals surface area contributed by atoms with Crippen molar-refractivity contribution >= 4 is 17.3 Å². The molecule has 7 heteroatoms. The molecule has 2 aromatic rings. The molecule has 0 saturated carbocycles. The summed E-state index contributed by atoms with van der Waals surface area (Å²) in [5.41, 5.74) is 0.213. The molecule has 0 atom stereocenters. The van der Waals surface area contributed by atoms with Crippen LogP contribution in [0.1, 0.15) is 5.56 Å². The number of aryl methyl sites for hydroxylation is 1. The van der Waals surface area contributed by atoms with Crippen LogP contribution in [0, 0.1) is 12.7 Å². The highest BCUT2D eigenvalue weighted by Gasteiger charge is 2.14. The quantitative estimate of drug-likeness (QED) is 0.858. The third-order valence-electron chi connectivity index (χ3n) is 2.94. The highest BCUT2D eigenvalue weighted by atomic mass is 35.5. The summed E-state index contributed by atoms with van der Waals surface area (Å²) < 4.78 is 14.3. The number of rotatable bonds is 2. The molecule has 0 fully saturated rings. The second-order valence-electron chi connectivity index (χ2n) is 4.56. The van der Waals surface area contributed by atoms with Crippen LogP contribution < -0.4 is 16.1 Å². The van der Waals surface area contributed by atoms with Crippen molar-refractivity contribution in [3.63, 3.8) is 0 Å². The fraction of sp³-hybridized carbons (Fsp3) is 0.231. The van der Waals surface area contributed by atoms with Gasteiger partial charge in [0.15, 0.2) is 5.15 Å². The lowest BCUT2D eigenvalue weighted by atomic mass is 10.1.